The van der Waals surface area contributed by atoms with E-state index in [4.69, 9.17) is 0 Å². The average molecular weight is 728 g/mol. The summed E-state index contributed by atoms with van der Waals surface area (Å²) < 4.78 is 0. The van der Waals surface area contributed by atoms with Crippen molar-refractivity contribution in [2.75, 3.05) is 4.90 Å². The fraction of sp³-hybridized carbons (Fsp3) is 0.0714. The number of hydrogen-bond acceptors (Lipinski definition) is 1. The summed E-state index contributed by atoms with van der Waals surface area (Å²) in [6, 6.07) is 78.8. The van der Waals surface area contributed by atoms with Gasteiger partial charge in [0.05, 0.1) is 11.1 Å². The van der Waals surface area contributed by atoms with Crippen molar-refractivity contribution >= 4 is 27.8 Å². The van der Waals surface area contributed by atoms with Crippen molar-refractivity contribution in [1.82, 2.24) is 0 Å². The smallest absolute Gasteiger partial charge is 0.0719 e. The molecule has 9 aromatic carbocycles. The lowest BCUT2D eigenvalue weighted by molar-refractivity contribution is 0.660. The Labute approximate surface area is 335 Å². The van der Waals surface area contributed by atoms with Crippen LogP contribution >= 0.6 is 0 Å². The molecule has 0 aromatic heterocycles. The summed E-state index contributed by atoms with van der Waals surface area (Å²) in [6.45, 7) is 4.75. The highest BCUT2D eigenvalue weighted by atomic mass is 15.1. The van der Waals surface area contributed by atoms with Crippen LogP contribution in [0.2, 0.25) is 0 Å². The van der Waals surface area contributed by atoms with Gasteiger partial charge >= 0.3 is 0 Å². The van der Waals surface area contributed by atoms with Gasteiger partial charge in [-0.1, -0.05) is 202 Å². The molecule has 57 heavy (non-hydrogen) atoms. The van der Waals surface area contributed by atoms with Gasteiger partial charge in [-0.25, -0.2) is 0 Å². The molecule has 0 aliphatic heterocycles. The minimum atomic E-state index is -0.558. The third kappa shape index (κ3) is 4.76. The number of fused-ring (bicyclic) bond motifs is 8. The van der Waals surface area contributed by atoms with Gasteiger partial charge in [-0.2, -0.15) is 0 Å². The average Bonchev–Trinajstić information content (AvgIpc) is 3.71. The zero-order valence-electron chi connectivity index (χ0n) is 32.2. The monoisotopic (exact) mass is 727 g/mol. The van der Waals surface area contributed by atoms with Crippen molar-refractivity contribution < 1.29 is 0 Å². The lowest BCUT2D eigenvalue weighted by Crippen LogP contribution is -2.29. The number of hydrogen-bond donors (Lipinski definition) is 0. The second-order valence-corrected chi connectivity index (χ2v) is 16.0. The molecule has 0 radical (unpaired) electrons. The minimum absolute atomic E-state index is 0.142. The summed E-state index contributed by atoms with van der Waals surface area (Å²) in [6.07, 6.45) is 0. The van der Waals surface area contributed by atoms with E-state index in [1.54, 1.807) is 0 Å². The topological polar surface area (TPSA) is 3.24 Å². The maximum atomic E-state index is 2.54. The van der Waals surface area contributed by atoms with E-state index in [2.05, 4.69) is 231 Å². The first-order valence-electron chi connectivity index (χ1n) is 20.0. The van der Waals surface area contributed by atoms with Crippen LogP contribution in [-0.4, -0.2) is 0 Å². The van der Waals surface area contributed by atoms with Crippen LogP contribution in [0.3, 0.4) is 0 Å². The quantitative estimate of drug-likeness (QED) is 0.165. The Hall–Kier alpha value is -6.96. The number of anilines is 3. The van der Waals surface area contributed by atoms with Gasteiger partial charge in [0.2, 0.25) is 0 Å². The van der Waals surface area contributed by atoms with Gasteiger partial charge in [0, 0.05) is 27.7 Å². The van der Waals surface area contributed by atoms with E-state index in [1.165, 1.54) is 83.2 Å². The molecule has 1 nitrogen and oxygen atoms in total. The molecule has 0 fully saturated rings. The van der Waals surface area contributed by atoms with E-state index in [0.717, 1.165) is 11.4 Å². The molecular weight excluding hydrogens is 687 g/mol. The van der Waals surface area contributed by atoms with E-state index >= 15 is 0 Å². The standard InChI is InChI=1S/C56H41N/c1-55(2)48-33-19-17-29-43(48)44-36-35-42(37-50(44)55)57(41-27-13-6-14-28-41)54-46-31-16-15-30-45(46)53-52(51(54)38-21-7-3-8-22-38)47-32-18-20-34-49(47)56(53,39-23-9-4-10-24-39)40-25-11-5-12-26-40/h3-37H,1-2H3. The summed E-state index contributed by atoms with van der Waals surface area (Å²) >= 11 is 0. The van der Waals surface area contributed by atoms with Crippen LogP contribution < -0.4 is 4.90 Å². The third-order valence-electron chi connectivity index (χ3n) is 12.7. The summed E-state index contributed by atoms with van der Waals surface area (Å²) in [4.78, 5) is 2.54. The second-order valence-electron chi connectivity index (χ2n) is 16.0. The van der Waals surface area contributed by atoms with Crippen LogP contribution in [0.15, 0.2) is 212 Å². The van der Waals surface area contributed by atoms with Crippen LogP contribution in [0.25, 0.3) is 44.2 Å². The van der Waals surface area contributed by atoms with Crippen LogP contribution in [-0.2, 0) is 10.8 Å². The van der Waals surface area contributed by atoms with Crippen LogP contribution in [0.4, 0.5) is 17.1 Å². The Bertz CT molecular complexity index is 2920. The van der Waals surface area contributed by atoms with Crippen LogP contribution in [0, 0.1) is 0 Å². The van der Waals surface area contributed by atoms with Gasteiger partial charge in [0.15, 0.2) is 0 Å². The Morgan fingerprint density at radius 3 is 1.54 bits per heavy atom. The van der Waals surface area contributed by atoms with Crippen molar-refractivity contribution in [1.29, 1.82) is 0 Å². The van der Waals surface area contributed by atoms with Gasteiger partial charge < -0.3 is 4.90 Å². The molecule has 0 unspecified atom stereocenters. The Kier molecular flexibility index (Phi) is 7.50. The second kappa shape index (κ2) is 12.8. The predicted octanol–water partition coefficient (Wildman–Crippen LogP) is 14.6. The highest BCUT2D eigenvalue weighted by molar-refractivity contribution is 6.16. The zero-order valence-corrected chi connectivity index (χ0v) is 32.2. The molecule has 0 saturated carbocycles. The number of rotatable bonds is 6. The molecule has 270 valence electrons. The maximum Gasteiger partial charge on any atom is 0.0719 e. The normalized spacial score (nSPS) is 14.1. The highest BCUT2D eigenvalue weighted by Crippen LogP contribution is 2.63. The molecule has 11 rings (SSSR count). The van der Waals surface area contributed by atoms with Crippen molar-refractivity contribution in [2.45, 2.75) is 24.7 Å². The minimum Gasteiger partial charge on any atom is -0.309 e. The molecule has 9 aromatic rings. The fourth-order valence-electron chi connectivity index (χ4n) is 10.3. The molecule has 0 spiro atoms. The molecule has 0 heterocycles. The predicted molar refractivity (Wildman–Crippen MR) is 239 cm³/mol. The van der Waals surface area contributed by atoms with E-state index in [1.807, 2.05) is 0 Å². The van der Waals surface area contributed by atoms with Crippen LogP contribution in [0.1, 0.15) is 47.2 Å². The first-order chi connectivity index (χ1) is 28.1. The Morgan fingerprint density at radius 1 is 0.368 bits per heavy atom. The molecule has 0 atom stereocenters. The molecule has 2 aliphatic carbocycles. The number of benzene rings is 9. The van der Waals surface area contributed by atoms with Crippen molar-refractivity contribution in [3.05, 3.63) is 246 Å². The fourth-order valence-corrected chi connectivity index (χ4v) is 10.3. The summed E-state index contributed by atoms with van der Waals surface area (Å²) in [5.74, 6) is 0. The SMILES string of the molecule is CC1(C)c2ccccc2-c2ccc(N(c3ccccc3)c3c(-c4ccccc4)c4c(c5ccccc35)C(c3ccccc3)(c3ccccc3)c3ccccc3-4)cc21. The lowest BCUT2D eigenvalue weighted by Gasteiger charge is -2.36. The summed E-state index contributed by atoms with van der Waals surface area (Å²) in [5.41, 5.74) is 18.3. The van der Waals surface area contributed by atoms with Gasteiger partial charge in [-0.05, 0) is 90.8 Å². The van der Waals surface area contributed by atoms with E-state index in [-0.39, 0.29) is 5.41 Å². The van der Waals surface area contributed by atoms with Crippen molar-refractivity contribution in [2.24, 2.45) is 0 Å². The van der Waals surface area contributed by atoms with Gasteiger partial charge in [0.1, 0.15) is 0 Å². The van der Waals surface area contributed by atoms with Crippen LogP contribution in [0.5, 0.6) is 0 Å². The largest absolute Gasteiger partial charge is 0.309 e. The maximum absolute atomic E-state index is 2.54. The molecule has 1 heteroatoms. The van der Waals surface area contributed by atoms with E-state index < -0.39 is 5.41 Å². The van der Waals surface area contributed by atoms with E-state index in [0.29, 0.717) is 0 Å². The van der Waals surface area contributed by atoms with E-state index in [9.17, 15) is 0 Å². The third-order valence-corrected chi connectivity index (χ3v) is 12.7. The van der Waals surface area contributed by atoms with Crippen molar-refractivity contribution in [3.8, 4) is 33.4 Å². The Balaban J connectivity index is 1.32. The first-order valence-corrected chi connectivity index (χ1v) is 20.0. The Morgan fingerprint density at radius 2 is 0.877 bits per heavy atom. The number of nitrogens with zero attached hydrogens (tertiary/aromatic N) is 1. The zero-order chi connectivity index (χ0) is 38.1. The summed E-state index contributed by atoms with van der Waals surface area (Å²) in [7, 11) is 0. The molecule has 0 N–H and O–H groups in total. The number of para-hydroxylation sites is 1. The highest BCUT2D eigenvalue weighted by Gasteiger charge is 2.49. The molecular formula is C56H41N. The van der Waals surface area contributed by atoms with Gasteiger partial charge in [0.25, 0.3) is 0 Å². The van der Waals surface area contributed by atoms with Crippen molar-refractivity contribution in [3.63, 3.8) is 0 Å². The molecule has 2 aliphatic rings. The summed E-state index contributed by atoms with van der Waals surface area (Å²) in [5, 5.41) is 2.46. The molecule has 0 bridgehead atoms. The van der Waals surface area contributed by atoms with Gasteiger partial charge in [-0.15, -0.1) is 0 Å². The lowest BCUT2D eigenvalue weighted by atomic mass is 9.66. The molecule has 0 amide bonds. The van der Waals surface area contributed by atoms with Gasteiger partial charge in [-0.3, -0.25) is 0 Å². The first kappa shape index (κ1) is 33.4. The molecule has 0 saturated heterocycles.